The average molecular weight is 475 g/mol. The van der Waals surface area contributed by atoms with Crippen LogP contribution in [-0.2, 0) is 14.1 Å². The molecule has 0 saturated carbocycles. The van der Waals surface area contributed by atoms with E-state index < -0.39 is 7.82 Å². The van der Waals surface area contributed by atoms with E-state index in [0.29, 0.717) is 0 Å². The van der Waals surface area contributed by atoms with Crippen molar-refractivity contribution in [2.24, 2.45) is 0 Å². The van der Waals surface area contributed by atoms with Crippen molar-refractivity contribution in [2.45, 2.75) is 155 Å². The first-order valence-corrected chi connectivity index (χ1v) is 14.4. The van der Waals surface area contributed by atoms with Crippen LogP contribution >= 0.6 is 7.82 Å². The van der Waals surface area contributed by atoms with E-state index in [4.69, 9.17) is 14.7 Å². The van der Waals surface area contributed by atoms with Crippen molar-refractivity contribution in [3.05, 3.63) is 0 Å². The summed E-state index contributed by atoms with van der Waals surface area (Å²) in [5.41, 5.74) is 0. The van der Waals surface area contributed by atoms with Crippen LogP contribution in [0.1, 0.15) is 149 Å². The van der Waals surface area contributed by atoms with Crippen LogP contribution in [0.25, 0.3) is 0 Å². The topological polar surface area (TPSA) is 76.0 Å². The molecule has 0 saturated heterocycles. The Morgan fingerprint density at radius 3 is 1.19 bits per heavy atom. The van der Waals surface area contributed by atoms with E-state index >= 15 is 0 Å². The molecule has 7 heteroatoms. The fraction of sp³-hybridized carbons (Fsp3) is 1.00. The van der Waals surface area contributed by atoms with Gasteiger partial charge in [0, 0.05) is 0 Å². The molecule has 0 aromatic rings. The average Bonchev–Trinajstić information content (AvgIpc) is 2.70. The van der Waals surface area contributed by atoms with Crippen molar-refractivity contribution in [1.82, 2.24) is 0 Å². The molecule has 0 aliphatic rings. The third-order valence-electron chi connectivity index (χ3n) is 5.79. The van der Waals surface area contributed by atoms with Gasteiger partial charge in [0.05, 0.1) is 6.10 Å². The van der Waals surface area contributed by atoms with Crippen molar-refractivity contribution in [3.8, 4) is 0 Å². The molecule has 0 spiro atoms. The Labute approximate surface area is 215 Å². The third-order valence-corrected chi connectivity index (χ3v) is 6.07. The van der Waals surface area contributed by atoms with Crippen molar-refractivity contribution < 1.29 is 23.9 Å². The zero-order valence-corrected chi connectivity index (χ0v) is 20.9. The van der Waals surface area contributed by atoms with Crippen molar-refractivity contribution >= 4 is 37.4 Å². The molecule has 0 radical (unpaired) electrons. The molecule has 0 aliphatic heterocycles. The summed E-state index contributed by atoms with van der Waals surface area (Å²) in [5, 5.41) is 0. The molecule has 0 amide bonds. The van der Waals surface area contributed by atoms with Gasteiger partial charge in [-0.2, -0.15) is 0 Å². The summed E-state index contributed by atoms with van der Waals surface area (Å²) in [4.78, 5) is 22.7. The summed E-state index contributed by atoms with van der Waals surface area (Å²) >= 11 is 0. The second kappa shape index (κ2) is 25.7. The van der Waals surface area contributed by atoms with Gasteiger partial charge in [-0.1, -0.05) is 136 Å². The molecule has 0 aliphatic carbocycles. The molecular formula is C24H52NaO5P. The number of rotatable bonds is 24. The second-order valence-corrected chi connectivity index (χ2v) is 10.0. The van der Waals surface area contributed by atoms with Gasteiger partial charge >= 0.3 is 37.4 Å². The fourth-order valence-electron chi connectivity index (χ4n) is 3.90. The summed E-state index contributed by atoms with van der Waals surface area (Å²) in [7, 11) is -4.56. The molecule has 0 rings (SSSR count). The third kappa shape index (κ3) is 29.0. The maximum absolute atomic E-state index is 10.9. The second-order valence-electron chi connectivity index (χ2n) is 8.87. The van der Waals surface area contributed by atoms with Gasteiger partial charge in [0.25, 0.3) is 0 Å². The molecule has 0 bridgehead atoms. The normalized spacial score (nSPS) is 12.6. The van der Waals surface area contributed by atoms with E-state index in [9.17, 15) is 4.57 Å². The molecule has 0 heterocycles. The van der Waals surface area contributed by atoms with Gasteiger partial charge in [-0.25, -0.2) is 9.45 Å². The molecule has 5 nitrogen and oxygen atoms in total. The Hall–Kier alpha value is 1.07. The van der Waals surface area contributed by atoms with E-state index in [-0.39, 0.29) is 35.7 Å². The number of phosphoric acid groups is 1. The number of hydrogen-bond donors (Lipinski definition) is 2. The summed E-state index contributed by atoms with van der Waals surface area (Å²) < 4.78 is 15.2. The van der Waals surface area contributed by atoms with Gasteiger partial charge in [-0.3, -0.25) is 0 Å². The van der Waals surface area contributed by atoms with E-state index in [1.807, 2.05) is 0 Å². The Morgan fingerprint density at radius 2 is 0.871 bits per heavy atom. The summed E-state index contributed by atoms with van der Waals surface area (Å²) in [6, 6.07) is 0. The maximum atomic E-state index is 10.9. The van der Waals surface area contributed by atoms with Gasteiger partial charge in [-0.15, -0.1) is 4.67 Å². The Balaban J connectivity index is 0. The van der Waals surface area contributed by atoms with Gasteiger partial charge in [0.15, 0.2) is 0 Å². The molecule has 1 atom stereocenters. The standard InChI is InChI=1S/C24H51O5P.Na.H/c1-3-5-7-9-10-11-12-13-14-15-16-17-18-19-21-23-24(22-20-8-6-4-2)28-29-30(25,26)27;;/h24H,3-23H2,1-2H3,(H2,25,26,27);;. The molecule has 31 heavy (non-hydrogen) atoms. The monoisotopic (exact) mass is 474 g/mol. The quantitative estimate of drug-likeness (QED) is 0.0487. The first-order chi connectivity index (χ1) is 14.5. The van der Waals surface area contributed by atoms with Crippen LogP contribution in [-0.4, -0.2) is 45.4 Å². The summed E-state index contributed by atoms with van der Waals surface area (Å²) in [5.74, 6) is 0. The van der Waals surface area contributed by atoms with Crippen LogP contribution in [0.5, 0.6) is 0 Å². The molecule has 2 N–H and O–H groups in total. The van der Waals surface area contributed by atoms with Crippen molar-refractivity contribution in [3.63, 3.8) is 0 Å². The SMILES string of the molecule is CCCCCCCCCCCCCCCCCC(CCCCCC)OOP(=O)(O)O.[NaH]. The number of hydrogen-bond acceptors (Lipinski definition) is 3. The van der Waals surface area contributed by atoms with Gasteiger partial charge in [-0.05, 0) is 12.8 Å². The van der Waals surface area contributed by atoms with Gasteiger partial charge in [0.1, 0.15) is 0 Å². The van der Waals surface area contributed by atoms with Crippen LogP contribution < -0.4 is 0 Å². The van der Waals surface area contributed by atoms with E-state index in [2.05, 4.69) is 18.5 Å². The van der Waals surface area contributed by atoms with E-state index in [0.717, 1.165) is 38.5 Å². The Kier molecular flexibility index (Phi) is 28.4. The molecule has 0 aromatic heterocycles. The molecular weight excluding hydrogens is 422 g/mol. The van der Waals surface area contributed by atoms with E-state index in [1.54, 1.807) is 0 Å². The number of unbranched alkanes of at least 4 members (excludes halogenated alkanes) is 17. The summed E-state index contributed by atoms with van der Waals surface area (Å²) in [6.07, 6.45) is 25.9. The minimum atomic E-state index is -4.56. The first-order valence-electron chi connectivity index (χ1n) is 12.9. The molecule has 0 fully saturated rings. The minimum absolute atomic E-state index is 0. The van der Waals surface area contributed by atoms with E-state index in [1.165, 1.54) is 96.3 Å². The predicted octanol–water partition coefficient (Wildman–Crippen LogP) is 7.98. The van der Waals surface area contributed by atoms with Crippen LogP contribution in [0, 0.1) is 0 Å². The Bertz CT molecular complexity index is 392. The fourth-order valence-corrected chi connectivity index (χ4v) is 4.13. The van der Waals surface area contributed by atoms with Crippen LogP contribution in [0.3, 0.4) is 0 Å². The van der Waals surface area contributed by atoms with Gasteiger partial charge < -0.3 is 9.79 Å². The predicted molar refractivity (Wildman–Crippen MR) is 133 cm³/mol. The van der Waals surface area contributed by atoms with Gasteiger partial charge in [0.2, 0.25) is 0 Å². The van der Waals surface area contributed by atoms with Crippen LogP contribution in [0.4, 0.5) is 0 Å². The molecule has 0 aromatic carbocycles. The van der Waals surface area contributed by atoms with Crippen LogP contribution in [0.15, 0.2) is 0 Å². The van der Waals surface area contributed by atoms with Crippen LogP contribution in [0.2, 0.25) is 0 Å². The molecule has 1 unspecified atom stereocenters. The molecule has 184 valence electrons. The zero-order chi connectivity index (χ0) is 22.3. The van der Waals surface area contributed by atoms with Crippen molar-refractivity contribution in [2.75, 3.05) is 0 Å². The van der Waals surface area contributed by atoms with Crippen molar-refractivity contribution in [1.29, 1.82) is 0 Å². The first kappa shape index (κ1) is 34.2. The Morgan fingerprint density at radius 1 is 0.581 bits per heavy atom. The summed E-state index contributed by atoms with van der Waals surface area (Å²) in [6.45, 7) is 4.44. The zero-order valence-electron chi connectivity index (χ0n) is 20.0.